The summed E-state index contributed by atoms with van der Waals surface area (Å²) in [5.41, 5.74) is 9.68. The number of methoxy groups -OCH3 is 1. The zero-order valence-electron chi connectivity index (χ0n) is 14.2. The van der Waals surface area contributed by atoms with Crippen molar-refractivity contribution >= 4 is 7.60 Å². The minimum absolute atomic E-state index is 0.255. The molecule has 7 nitrogen and oxygen atoms in total. The summed E-state index contributed by atoms with van der Waals surface area (Å²) in [6, 6.07) is 7.24. The maximum Gasteiger partial charge on any atom is 0.340 e. The number of hydrogen-bond acceptors (Lipinski definition) is 5. The monoisotopic (exact) mass is 341 g/mol. The van der Waals surface area contributed by atoms with Crippen LogP contribution in [0, 0.1) is 0 Å². The Kier molecular flexibility index (Phi) is 7.59. The lowest BCUT2D eigenvalue weighted by molar-refractivity contribution is 0.136. The Morgan fingerprint density at radius 3 is 2.04 bits per heavy atom. The third-order valence-electron chi connectivity index (χ3n) is 2.84. The maximum absolute atomic E-state index is 13.1. The van der Waals surface area contributed by atoms with Crippen LogP contribution in [0.4, 0.5) is 0 Å². The quantitative estimate of drug-likeness (QED) is 0.276. The molecule has 0 aromatic heterocycles. The van der Waals surface area contributed by atoms with Gasteiger partial charge >= 0.3 is 7.60 Å². The van der Waals surface area contributed by atoms with Crippen molar-refractivity contribution in [1.29, 1.82) is 0 Å². The zero-order chi connectivity index (χ0) is 17.5. The van der Waals surface area contributed by atoms with E-state index in [1.807, 2.05) is 12.1 Å². The van der Waals surface area contributed by atoms with Crippen LogP contribution >= 0.6 is 7.60 Å². The van der Waals surface area contributed by atoms with Gasteiger partial charge < -0.3 is 13.8 Å². The first-order chi connectivity index (χ1) is 10.8. The average Bonchev–Trinajstić information content (AvgIpc) is 2.45. The Morgan fingerprint density at radius 2 is 1.65 bits per heavy atom. The average molecular weight is 341 g/mol. The van der Waals surface area contributed by atoms with Crippen LogP contribution in [0.25, 0.3) is 10.4 Å². The van der Waals surface area contributed by atoms with Crippen LogP contribution in [-0.4, -0.2) is 25.1 Å². The van der Waals surface area contributed by atoms with E-state index in [0.717, 1.165) is 5.56 Å². The van der Waals surface area contributed by atoms with Gasteiger partial charge in [-0.05, 0) is 57.3 Å². The van der Waals surface area contributed by atoms with Crippen LogP contribution in [0.15, 0.2) is 29.4 Å². The molecule has 0 bridgehead atoms. The maximum atomic E-state index is 13.1. The molecule has 1 aromatic carbocycles. The lowest BCUT2D eigenvalue weighted by atomic mass is 10.1. The summed E-state index contributed by atoms with van der Waals surface area (Å²) in [6.07, 6.45) is -0.371. The van der Waals surface area contributed by atoms with Gasteiger partial charge in [0.2, 0.25) is 0 Å². The van der Waals surface area contributed by atoms with Gasteiger partial charge in [0.15, 0.2) is 0 Å². The summed E-state index contributed by atoms with van der Waals surface area (Å²) in [4.78, 5) is 2.81. The summed E-state index contributed by atoms with van der Waals surface area (Å²) in [5, 5.41) is 3.68. The summed E-state index contributed by atoms with van der Waals surface area (Å²) < 4.78 is 29.3. The third kappa shape index (κ3) is 6.24. The summed E-state index contributed by atoms with van der Waals surface area (Å²) in [5.74, 6) is -0.208. The summed E-state index contributed by atoms with van der Waals surface area (Å²) >= 11 is 0. The zero-order valence-corrected chi connectivity index (χ0v) is 15.1. The Balaban J connectivity index is 3.08. The summed E-state index contributed by atoms with van der Waals surface area (Å²) in [7, 11) is -2.01. The van der Waals surface area contributed by atoms with E-state index in [-0.39, 0.29) is 18.6 Å². The second-order valence-electron chi connectivity index (χ2n) is 5.59. The predicted octanol–water partition coefficient (Wildman–Crippen LogP) is 4.92. The van der Waals surface area contributed by atoms with E-state index < -0.39 is 13.4 Å². The van der Waals surface area contributed by atoms with Crippen molar-refractivity contribution in [3.63, 3.8) is 0 Å². The first-order valence-electron chi connectivity index (χ1n) is 7.44. The highest BCUT2D eigenvalue weighted by molar-refractivity contribution is 7.54. The van der Waals surface area contributed by atoms with E-state index in [1.165, 1.54) is 0 Å². The molecule has 0 amide bonds. The number of ether oxygens (including phenoxy) is 1. The van der Waals surface area contributed by atoms with Gasteiger partial charge in [-0.3, -0.25) is 4.57 Å². The largest absolute Gasteiger partial charge is 0.497 e. The second-order valence-corrected chi connectivity index (χ2v) is 7.68. The molecule has 1 aromatic rings. The van der Waals surface area contributed by atoms with Crippen LogP contribution < -0.4 is 4.74 Å². The molecule has 0 spiro atoms. The first kappa shape index (κ1) is 19.5. The van der Waals surface area contributed by atoms with Gasteiger partial charge in [0.1, 0.15) is 11.5 Å². The smallest absolute Gasteiger partial charge is 0.340 e. The van der Waals surface area contributed by atoms with Crippen LogP contribution in [0.2, 0.25) is 0 Å². The van der Waals surface area contributed by atoms with Gasteiger partial charge in [-0.1, -0.05) is 17.2 Å². The van der Waals surface area contributed by atoms with Crippen LogP contribution in [0.3, 0.4) is 0 Å². The standard InChI is InChI=1S/C15H24N3O4P/c1-11(2)21-23(19,22-12(3)4)15(17-18-16)10-13-6-8-14(20-5)9-7-13/h6-9,11-12,15H,10H2,1-5H3/t15-/m1/s1. The number of rotatable bonds is 9. The second kappa shape index (κ2) is 8.94. The molecule has 1 rings (SSSR count). The van der Waals surface area contributed by atoms with E-state index in [2.05, 4.69) is 10.0 Å². The fourth-order valence-corrected chi connectivity index (χ4v) is 4.11. The van der Waals surface area contributed by atoms with Crippen molar-refractivity contribution in [3.8, 4) is 5.75 Å². The normalized spacial score (nSPS) is 13.0. The highest BCUT2D eigenvalue weighted by Gasteiger charge is 2.37. The lowest BCUT2D eigenvalue weighted by Crippen LogP contribution is -2.18. The minimum Gasteiger partial charge on any atom is -0.497 e. The van der Waals surface area contributed by atoms with Gasteiger partial charge in [-0.15, -0.1) is 0 Å². The molecule has 1 atom stereocenters. The number of benzene rings is 1. The third-order valence-corrected chi connectivity index (χ3v) is 5.29. The molecule has 8 heteroatoms. The Bertz CT molecular complexity index is 569. The van der Waals surface area contributed by atoms with E-state index in [1.54, 1.807) is 46.9 Å². The van der Waals surface area contributed by atoms with Crippen molar-refractivity contribution in [3.05, 3.63) is 40.3 Å². The van der Waals surface area contributed by atoms with Gasteiger partial charge in [0.25, 0.3) is 0 Å². The molecule has 0 saturated carbocycles. The Hall–Kier alpha value is -1.52. The number of nitrogens with zero attached hydrogens (tertiary/aromatic N) is 3. The molecular weight excluding hydrogens is 317 g/mol. The molecule has 0 aliphatic heterocycles. The van der Waals surface area contributed by atoms with E-state index in [0.29, 0.717) is 5.75 Å². The van der Waals surface area contributed by atoms with E-state index in [4.69, 9.17) is 19.3 Å². The number of hydrogen-bond donors (Lipinski definition) is 0. The molecule has 0 aliphatic carbocycles. The van der Waals surface area contributed by atoms with Crippen molar-refractivity contribution < 1.29 is 18.3 Å². The highest BCUT2D eigenvalue weighted by atomic mass is 31.2. The van der Waals surface area contributed by atoms with Gasteiger partial charge in [0.05, 0.1) is 19.3 Å². The Labute approximate surface area is 137 Å². The summed E-state index contributed by atoms with van der Waals surface area (Å²) in [6.45, 7) is 7.04. The predicted molar refractivity (Wildman–Crippen MR) is 89.7 cm³/mol. The molecule has 0 radical (unpaired) electrons. The van der Waals surface area contributed by atoms with E-state index in [9.17, 15) is 4.57 Å². The molecule has 0 saturated heterocycles. The number of azide groups is 1. The molecule has 23 heavy (non-hydrogen) atoms. The fraction of sp³-hybridized carbons (Fsp3) is 0.600. The molecule has 0 heterocycles. The SMILES string of the molecule is COc1ccc(C[C@H](N=[N+]=[N-])P(=O)(OC(C)C)OC(C)C)cc1. The highest BCUT2D eigenvalue weighted by Crippen LogP contribution is 2.56. The van der Waals surface area contributed by atoms with Crippen molar-refractivity contribution in [2.75, 3.05) is 7.11 Å². The first-order valence-corrected chi connectivity index (χ1v) is 9.05. The molecule has 128 valence electrons. The van der Waals surface area contributed by atoms with Crippen LogP contribution in [0.5, 0.6) is 5.75 Å². The molecule has 0 fully saturated rings. The molecule has 0 unspecified atom stereocenters. The lowest BCUT2D eigenvalue weighted by Gasteiger charge is -2.27. The van der Waals surface area contributed by atoms with Crippen LogP contribution in [-0.2, 0) is 20.0 Å². The minimum atomic E-state index is -3.59. The topological polar surface area (TPSA) is 93.5 Å². The van der Waals surface area contributed by atoms with Gasteiger partial charge in [-0.25, -0.2) is 0 Å². The molecule has 0 N–H and O–H groups in total. The molecule has 0 aliphatic rings. The van der Waals surface area contributed by atoms with Gasteiger partial charge in [0, 0.05) is 4.91 Å². The molecular formula is C15H24N3O4P. The van der Waals surface area contributed by atoms with E-state index >= 15 is 0 Å². The Morgan fingerprint density at radius 1 is 1.13 bits per heavy atom. The van der Waals surface area contributed by atoms with Crippen molar-refractivity contribution in [2.24, 2.45) is 5.11 Å². The fourth-order valence-electron chi connectivity index (χ4n) is 2.00. The van der Waals surface area contributed by atoms with Gasteiger partial charge in [-0.2, -0.15) is 0 Å². The van der Waals surface area contributed by atoms with Crippen molar-refractivity contribution in [1.82, 2.24) is 0 Å². The van der Waals surface area contributed by atoms with Crippen LogP contribution in [0.1, 0.15) is 33.3 Å². The van der Waals surface area contributed by atoms with Crippen molar-refractivity contribution in [2.45, 2.75) is 52.1 Å².